The number of hydrogen-bond acceptors (Lipinski definition) is 9. The number of cyclic esters (lactones) is 1. The molecule has 0 aromatic rings. The minimum absolute atomic E-state index is 0.0931. The topological polar surface area (TPSA) is 161 Å². The van der Waals surface area contributed by atoms with E-state index in [-0.39, 0.29) is 42.9 Å². The van der Waals surface area contributed by atoms with Gasteiger partial charge in [-0.2, -0.15) is 0 Å². The number of esters is 1. The molecule has 6 N–H and O–H groups in total. The molecule has 9 nitrogen and oxygen atoms in total. The number of ketones is 1. The van der Waals surface area contributed by atoms with Crippen molar-refractivity contribution in [2.45, 2.75) is 111 Å². The van der Waals surface area contributed by atoms with Crippen molar-refractivity contribution in [2.75, 3.05) is 6.61 Å². The van der Waals surface area contributed by atoms with Crippen molar-refractivity contribution in [3.05, 3.63) is 35.3 Å². The summed E-state index contributed by atoms with van der Waals surface area (Å²) in [5.41, 5.74) is 6.96. The molecule has 0 aliphatic carbocycles. The Morgan fingerprint density at radius 3 is 2.55 bits per heavy atom. The van der Waals surface area contributed by atoms with Gasteiger partial charge in [0.15, 0.2) is 0 Å². The fourth-order valence-corrected chi connectivity index (χ4v) is 4.99. The lowest BCUT2D eigenvalue weighted by molar-refractivity contribution is -0.154. The van der Waals surface area contributed by atoms with Crippen molar-refractivity contribution < 1.29 is 34.4 Å². The molecule has 9 heteroatoms. The minimum Gasteiger partial charge on any atom is -0.494 e. The van der Waals surface area contributed by atoms with Crippen LogP contribution in [0.4, 0.5) is 0 Å². The lowest BCUT2D eigenvalue weighted by Gasteiger charge is -2.34. The van der Waals surface area contributed by atoms with Crippen molar-refractivity contribution in [3.63, 3.8) is 0 Å². The molecule has 2 aliphatic rings. The molecule has 0 radical (unpaired) electrons. The highest BCUT2D eigenvalue weighted by Gasteiger charge is 2.47. The van der Waals surface area contributed by atoms with E-state index in [2.05, 4.69) is 5.32 Å². The van der Waals surface area contributed by atoms with Crippen LogP contribution in [-0.4, -0.2) is 70.2 Å². The van der Waals surface area contributed by atoms with Crippen molar-refractivity contribution in [2.24, 2.45) is 23.0 Å². The molecule has 0 amide bonds. The zero-order chi connectivity index (χ0) is 28.8. The average molecular weight is 537 g/mol. The summed E-state index contributed by atoms with van der Waals surface area (Å²) in [6.07, 6.45) is 3.37. The van der Waals surface area contributed by atoms with Gasteiger partial charge in [-0.15, -0.1) is 0 Å². The normalized spacial score (nSPS) is 35.9. The maximum Gasteiger partial charge on any atom is 0.309 e. The van der Waals surface area contributed by atoms with Crippen LogP contribution >= 0.6 is 0 Å². The van der Waals surface area contributed by atoms with E-state index < -0.39 is 35.6 Å². The second-order valence-electron chi connectivity index (χ2n) is 11.6. The molecule has 2 rings (SSSR count). The van der Waals surface area contributed by atoms with Gasteiger partial charge in [0.05, 0.1) is 36.3 Å². The molecule has 1 fully saturated rings. The van der Waals surface area contributed by atoms with E-state index in [9.17, 15) is 24.9 Å². The third kappa shape index (κ3) is 8.40. The van der Waals surface area contributed by atoms with Crippen LogP contribution in [0.15, 0.2) is 35.3 Å². The van der Waals surface area contributed by atoms with Crippen LogP contribution in [0, 0.1) is 17.3 Å². The largest absolute Gasteiger partial charge is 0.494 e. The van der Waals surface area contributed by atoms with Gasteiger partial charge < -0.3 is 35.8 Å². The van der Waals surface area contributed by atoms with Crippen LogP contribution in [0.2, 0.25) is 0 Å². The quantitative estimate of drug-likeness (QED) is 0.113. The predicted octanol–water partition coefficient (Wildman–Crippen LogP) is 2.49. The Morgan fingerprint density at radius 1 is 1.29 bits per heavy atom. The van der Waals surface area contributed by atoms with E-state index in [4.69, 9.17) is 15.2 Å². The molecule has 3 unspecified atom stereocenters. The van der Waals surface area contributed by atoms with Crippen molar-refractivity contribution >= 4 is 11.8 Å². The van der Waals surface area contributed by atoms with Crippen LogP contribution in [0.3, 0.4) is 0 Å². The van der Waals surface area contributed by atoms with Gasteiger partial charge >= 0.3 is 5.97 Å². The predicted molar refractivity (Wildman–Crippen MR) is 146 cm³/mol. The molecule has 0 saturated carbocycles. The first-order valence-electron chi connectivity index (χ1n) is 13.6. The highest BCUT2D eigenvalue weighted by molar-refractivity contribution is 5.88. The summed E-state index contributed by atoms with van der Waals surface area (Å²) in [6.45, 7) is 12.4. The molecule has 216 valence electrons. The molecule has 1 saturated heterocycles. The fraction of sp³-hybridized carbons (Fsp3) is 0.724. The molecule has 0 bridgehead atoms. The maximum atomic E-state index is 13.3. The lowest BCUT2D eigenvalue weighted by atomic mass is 9.73. The van der Waals surface area contributed by atoms with Gasteiger partial charge in [0.2, 0.25) is 0 Å². The number of allylic oxidation sites excluding steroid dienone is 1. The van der Waals surface area contributed by atoms with E-state index in [0.717, 1.165) is 12.0 Å². The first-order valence-corrected chi connectivity index (χ1v) is 13.6. The molecule has 0 aromatic carbocycles. The van der Waals surface area contributed by atoms with E-state index >= 15 is 0 Å². The average Bonchev–Trinajstić information content (AvgIpc) is 3.63. The molecule has 0 spiro atoms. The standard InChI is InChI=1S/C29H48N2O7/c1-8-21(14-32)37-15-20(30)12-17(3)23-10-9-16(2)11-22-26(31-22)18(4)27(35)19(5)28(36)29(6,7)24(33)13-25(34)38-23/h9,12,15,18-19,21-24,26-27,31-33,35H,8,10-11,13-14,30H2,1-7H3/b16-9-,17-12+,20-15-/t18-,19+,21?,22?,23-,24-,26?,27-/m0/s1. The summed E-state index contributed by atoms with van der Waals surface area (Å²) in [5, 5.41) is 34.6. The molecule has 0 aromatic heterocycles. The summed E-state index contributed by atoms with van der Waals surface area (Å²) in [7, 11) is 0. The monoisotopic (exact) mass is 536 g/mol. The minimum atomic E-state index is -1.28. The van der Waals surface area contributed by atoms with Gasteiger partial charge in [-0.25, -0.2) is 0 Å². The van der Waals surface area contributed by atoms with E-state index in [1.54, 1.807) is 33.8 Å². The molecular formula is C29H48N2O7. The third-order valence-electron chi connectivity index (χ3n) is 8.04. The van der Waals surface area contributed by atoms with Crippen LogP contribution in [0.1, 0.15) is 74.1 Å². The number of hydrogen-bond donors (Lipinski definition) is 5. The zero-order valence-electron chi connectivity index (χ0n) is 23.9. The first kappa shape index (κ1) is 32.0. The lowest BCUT2D eigenvalue weighted by Crippen LogP contribution is -2.46. The highest BCUT2D eigenvalue weighted by atomic mass is 16.5. The highest BCUT2D eigenvalue weighted by Crippen LogP contribution is 2.35. The van der Waals surface area contributed by atoms with Crippen LogP contribution in [0.5, 0.6) is 0 Å². The van der Waals surface area contributed by atoms with E-state index in [0.29, 0.717) is 24.1 Å². The van der Waals surface area contributed by atoms with Crippen LogP contribution in [0.25, 0.3) is 0 Å². The van der Waals surface area contributed by atoms with Gasteiger partial charge in [0, 0.05) is 24.4 Å². The number of carbonyl (C=O) groups excluding carboxylic acids is 2. The van der Waals surface area contributed by atoms with Gasteiger partial charge in [-0.3, -0.25) is 9.59 Å². The number of ether oxygens (including phenoxy) is 2. The van der Waals surface area contributed by atoms with Gasteiger partial charge in [-0.05, 0) is 44.3 Å². The third-order valence-corrected chi connectivity index (χ3v) is 8.04. The summed E-state index contributed by atoms with van der Waals surface area (Å²) >= 11 is 0. The molecule has 38 heavy (non-hydrogen) atoms. The number of rotatable bonds is 6. The summed E-state index contributed by atoms with van der Waals surface area (Å²) in [5.74, 6) is -1.78. The Hall–Kier alpha value is -2.20. The van der Waals surface area contributed by atoms with Crippen LogP contribution in [-0.2, 0) is 19.1 Å². The van der Waals surface area contributed by atoms with Crippen molar-refractivity contribution in [1.29, 1.82) is 0 Å². The maximum absolute atomic E-state index is 13.3. The number of Topliss-reactive ketones (excluding diaryl/α,β-unsaturated/α-hetero) is 1. The first-order chi connectivity index (χ1) is 17.7. The van der Waals surface area contributed by atoms with E-state index in [1.807, 2.05) is 26.8 Å². The number of nitrogens with two attached hydrogens (primary N) is 1. The molecule has 2 heterocycles. The Kier molecular flexibility index (Phi) is 11.6. The summed E-state index contributed by atoms with van der Waals surface area (Å²) < 4.78 is 11.3. The van der Waals surface area contributed by atoms with E-state index in [1.165, 1.54) is 6.26 Å². The Morgan fingerprint density at radius 2 is 1.95 bits per heavy atom. The number of nitrogens with one attached hydrogen (secondary N) is 1. The number of aliphatic hydroxyl groups excluding tert-OH is 3. The number of aliphatic hydroxyl groups is 3. The fourth-order valence-electron chi connectivity index (χ4n) is 4.99. The summed E-state index contributed by atoms with van der Waals surface area (Å²) in [6, 6.07) is 0.284. The molecule has 2 aliphatic heterocycles. The number of carbonyl (C=O) groups is 2. The zero-order valence-corrected chi connectivity index (χ0v) is 23.9. The Bertz CT molecular complexity index is 922. The molecular weight excluding hydrogens is 488 g/mol. The van der Waals surface area contributed by atoms with Gasteiger partial charge in [0.25, 0.3) is 0 Å². The van der Waals surface area contributed by atoms with Gasteiger partial charge in [0.1, 0.15) is 24.3 Å². The number of fused-ring (bicyclic) bond motifs is 1. The van der Waals surface area contributed by atoms with Crippen LogP contribution < -0.4 is 11.1 Å². The molecule has 8 atom stereocenters. The smallest absolute Gasteiger partial charge is 0.309 e. The van der Waals surface area contributed by atoms with Crippen molar-refractivity contribution in [3.8, 4) is 0 Å². The summed E-state index contributed by atoms with van der Waals surface area (Å²) in [4.78, 5) is 26.2. The Balaban J connectivity index is 2.33. The van der Waals surface area contributed by atoms with Crippen molar-refractivity contribution in [1.82, 2.24) is 5.32 Å². The second-order valence-corrected chi connectivity index (χ2v) is 11.6. The SMILES string of the molecule is CCC(CO)O/C=C(N)/C=C(\C)[C@@H]1C/C=C(/C)CC2NC2[C@H](C)[C@H](O)[C@@H](C)C(=O)C(C)(C)[C@@H](O)CC(=O)O1. The van der Waals surface area contributed by atoms with Gasteiger partial charge in [-0.1, -0.05) is 46.3 Å². The second kappa shape index (κ2) is 13.7. The Labute approximate surface area is 227 Å².